The molecule has 28 heavy (non-hydrogen) atoms. The van der Waals surface area contributed by atoms with E-state index in [1.54, 1.807) is 13.0 Å². The van der Waals surface area contributed by atoms with Crippen LogP contribution in [0.2, 0.25) is 0 Å². The summed E-state index contributed by atoms with van der Waals surface area (Å²) < 4.78 is 28.0. The van der Waals surface area contributed by atoms with E-state index < -0.39 is 33.9 Å². The van der Waals surface area contributed by atoms with Crippen molar-refractivity contribution in [3.63, 3.8) is 0 Å². The van der Waals surface area contributed by atoms with E-state index in [4.69, 9.17) is 4.74 Å². The molecule has 0 radical (unpaired) electrons. The number of esters is 1. The molecule has 1 atom stereocenters. The lowest BCUT2D eigenvalue weighted by Crippen LogP contribution is -2.48. The van der Waals surface area contributed by atoms with Crippen molar-refractivity contribution in [2.24, 2.45) is 0 Å². The van der Waals surface area contributed by atoms with E-state index in [1.165, 1.54) is 11.1 Å². The highest BCUT2D eigenvalue weighted by Gasteiger charge is 2.39. The maximum absolute atomic E-state index is 12.3. The molecule has 0 unspecified atom stereocenters. The summed E-state index contributed by atoms with van der Waals surface area (Å²) in [6.07, 6.45) is 3.39. The third-order valence-corrected chi connectivity index (χ3v) is 7.19. The van der Waals surface area contributed by atoms with Crippen LogP contribution in [0.25, 0.3) is 0 Å². The first kappa shape index (κ1) is 20.5. The minimum atomic E-state index is -3.14. The first-order valence-electron chi connectivity index (χ1n) is 9.48. The molecule has 1 N–H and O–H groups in total. The summed E-state index contributed by atoms with van der Waals surface area (Å²) in [7, 11) is -3.14. The molecular formula is C20H25NO6S. The van der Waals surface area contributed by atoms with Crippen LogP contribution in [-0.4, -0.2) is 49.7 Å². The second kappa shape index (κ2) is 8.03. The maximum atomic E-state index is 12.3. The van der Waals surface area contributed by atoms with Gasteiger partial charge in [-0.2, -0.15) is 0 Å². The quantitative estimate of drug-likeness (QED) is 0.541. The Morgan fingerprint density at radius 2 is 1.89 bits per heavy atom. The number of carbonyl (C=O) groups excluding carboxylic acids is 3. The topological polar surface area (TPSA) is 107 Å². The van der Waals surface area contributed by atoms with E-state index in [9.17, 15) is 22.8 Å². The summed E-state index contributed by atoms with van der Waals surface area (Å²) >= 11 is 0. The molecule has 1 aromatic carbocycles. The van der Waals surface area contributed by atoms with Crippen molar-refractivity contribution in [3.05, 3.63) is 34.9 Å². The second-order valence-electron chi connectivity index (χ2n) is 7.87. The van der Waals surface area contributed by atoms with Gasteiger partial charge in [-0.25, -0.2) is 8.42 Å². The van der Waals surface area contributed by atoms with Crippen LogP contribution in [0.3, 0.4) is 0 Å². The Bertz CT molecular complexity index is 907. The average molecular weight is 407 g/mol. The first-order valence-corrected chi connectivity index (χ1v) is 11.3. The van der Waals surface area contributed by atoms with Gasteiger partial charge >= 0.3 is 5.97 Å². The van der Waals surface area contributed by atoms with Crippen LogP contribution in [0.4, 0.5) is 0 Å². The van der Waals surface area contributed by atoms with Gasteiger partial charge in [-0.05, 0) is 49.8 Å². The average Bonchev–Trinajstić information content (AvgIpc) is 3.20. The molecular weight excluding hydrogens is 382 g/mol. The zero-order valence-electron chi connectivity index (χ0n) is 16.0. The molecule has 1 amide bonds. The number of ketones is 1. The Hall–Kier alpha value is -2.22. The number of hydrogen-bond acceptors (Lipinski definition) is 6. The van der Waals surface area contributed by atoms with Crippen molar-refractivity contribution in [2.45, 2.75) is 51.0 Å². The molecule has 1 aromatic rings. The zero-order chi connectivity index (χ0) is 20.4. The summed E-state index contributed by atoms with van der Waals surface area (Å²) in [5, 5.41) is 2.62. The van der Waals surface area contributed by atoms with Crippen LogP contribution < -0.4 is 5.32 Å². The predicted octanol–water partition coefficient (Wildman–Crippen LogP) is 1.37. The van der Waals surface area contributed by atoms with Crippen LogP contribution in [0.1, 0.15) is 54.1 Å². The van der Waals surface area contributed by atoms with Crippen LogP contribution in [0, 0.1) is 0 Å². The number of hydrogen-bond donors (Lipinski definition) is 1. The predicted molar refractivity (Wildman–Crippen MR) is 103 cm³/mol. The standard InChI is InChI=1S/C20H25NO6S/c1-20(9-10-28(25,26)13-20)21-18(23)12-27-19(24)8-7-17(22)16-6-5-14-3-2-4-15(14)11-16/h5-6,11H,2-4,7-10,12-13H2,1H3,(H,21,23)/t20-/m1/s1. The highest BCUT2D eigenvalue weighted by molar-refractivity contribution is 7.91. The van der Waals surface area contributed by atoms with Crippen LogP contribution >= 0.6 is 0 Å². The molecule has 1 fully saturated rings. The number of sulfone groups is 1. The number of rotatable bonds is 7. The number of carbonyl (C=O) groups is 3. The van der Waals surface area contributed by atoms with Gasteiger partial charge in [0.1, 0.15) is 0 Å². The Morgan fingerprint density at radius 3 is 2.61 bits per heavy atom. The molecule has 1 saturated heterocycles. The lowest BCUT2D eigenvalue weighted by atomic mass is 10.0. The lowest BCUT2D eigenvalue weighted by molar-refractivity contribution is -0.148. The summed E-state index contributed by atoms with van der Waals surface area (Å²) in [6, 6.07) is 5.67. The van der Waals surface area contributed by atoms with Gasteiger partial charge in [-0.15, -0.1) is 0 Å². The minimum Gasteiger partial charge on any atom is -0.456 e. The van der Waals surface area contributed by atoms with Gasteiger partial charge in [0.15, 0.2) is 22.2 Å². The Morgan fingerprint density at radius 1 is 1.14 bits per heavy atom. The number of aryl methyl sites for hydroxylation is 2. The van der Waals surface area contributed by atoms with E-state index in [2.05, 4.69) is 5.32 Å². The molecule has 7 nitrogen and oxygen atoms in total. The van der Waals surface area contributed by atoms with Crippen molar-refractivity contribution >= 4 is 27.5 Å². The Labute approximate surface area is 164 Å². The summed E-state index contributed by atoms with van der Waals surface area (Å²) in [4.78, 5) is 36.1. The van der Waals surface area contributed by atoms with Gasteiger partial charge in [0, 0.05) is 12.0 Å². The third-order valence-electron chi connectivity index (χ3n) is 5.29. The van der Waals surface area contributed by atoms with Gasteiger partial charge in [0.2, 0.25) is 0 Å². The maximum Gasteiger partial charge on any atom is 0.306 e. The second-order valence-corrected chi connectivity index (χ2v) is 10.1. The smallest absolute Gasteiger partial charge is 0.306 e. The van der Waals surface area contributed by atoms with Gasteiger partial charge in [-0.1, -0.05) is 12.1 Å². The van der Waals surface area contributed by atoms with Crippen LogP contribution in [0.15, 0.2) is 18.2 Å². The van der Waals surface area contributed by atoms with Crippen molar-refractivity contribution in [2.75, 3.05) is 18.1 Å². The number of benzene rings is 1. The van der Waals surface area contributed by atoms with Gasteiger partial charge < -0.3 is 10.1 Å². The highest BCUT2D eigenvalue weighted by Crippen LogP contribution is 2.24. The molecule has 3 rings (SSSR count). The molecule has 2 aliphatic rings. The largest absolute Gasteiger partial charge is 0.456 e. The molecule has 1 aliphatic heterocycles. The molecule has 1 heterocycles. The fourth-order valence-electron chi connectivity index (χ4n) is 3.81. The van der Waals surface area contributed by atoms with Gasteiger partial charge in [-0.3, -0.25) is 14.4 Å². The van der Waals surface area contributed by atoms with Crippen LogP contribution in [-0.2, 0) is 37.0 Å². The molecule has 8 heteroatoms. The van der Waals surface area contributed by atoms with Crippen molar-refractivity contribution < 1.29 is 27.5 Å². The van der Waals surface area contributed by atoms with Crippen molar-refractivity contribution in [1.29, 1.82) is 0 Å². The fourth-order valence-corrected chi connectivity index (χ4v) is 5.90. The zero-order valence-corrected chi connectivity index (χ0v) is 16.8. The normalized spacial score (nSPS) is 22.5. The van der Waals surface area contributed by atoms with Gasteiger partial charge in [0.05, 0.1) is 23.5 Å². The summed E-state index contributed by atoms with van der Waals surface area (Å²) in [5.41, 5.74) is 2.26. The molecule has 0 bridgehead atoms. The molecule has 0 spiro atoms. The van der Waals surface area contributed by atoms with E-state index in [0.717, 1.165) is 19.3 Å². The molecule has 0 aromatic heterocycles. The van der Waals surface area contributed by atoms with Crippen molar-refractivity contribution in [1.82, 2.24) is 5.32 Å². The number of Topliss-reactive ketones (excluding diaryl/α,β-unsaturated/α-hetero) is 1. The van der Waals surface area contributed by atoms with E-state index in [1.807, 2.05) is 12.1 Å². The van der Waals surface area contributed by atoms with E-state index in [0.29, 0.717) is 12.0 Å². The summed E-state index contributed by atoms with van der Waals surface area (Å²) in [6.45, 7) is 1.17. The van der Waals surface area contributed by atoms with Crippen molar-refractivity contribution in [3.8, 4) is 0 Å². The Balaban J connectivity index is 1.41. The van der Waals surface area contributed by atoms with Gasteiger partial charge in [0.25, 0.3) is 5.91 Å². The molecule has 1 aliphatic carbocycles. The Kier molecular flexibility index (Phi) is 5.88. The lowest BCUT2D eigenvalue weighted by Gasteiger charge is -2.23. The molecule has 152 valence electrons. The monoisotopic (exact) mass is 407 g/mol. The fraction of sp³-hybridized carbons (Fsp3) is 0.550. The highest BCUT2D eigenvalue weighted by atomic mass is 32.2. The third kappa shape index (κ3) is 5.19. The number of nitrogens with one attached hydrogen (secondary N) is 1. The van der Waals surface area contributed by atoms with E-state index >= 15 is 0 Å². The van der Waals surface area contributed by atoms with E-state index in [-0.39, 0.29) is 30.1 Å². The molecule has 0 saturated carbocycles. The SMILES string of the molecule is C[C@@]1(NC(=O)COC(=O)CCC(=O)c2ccc3c(c2)CCC3)CCS(=O)(=O)C1. The summed E-state index contributed by atoms with van der Waals surface area (Å²) in [5.74, 6) is -1.38. The number of fused-ring (bicyclic) bond motifs is 1. The first-order chi connectivity index (χ1) is 13.2. The van der Waals surface area contributed by atoms with Crippen LogP contribution in [0.5, 0.6) is 0 Å². The number of amides is 1. The number of ether oxygens (including phenoxy) is 1. The minimum absolute atomic E-state index is 0.0230.